The van der Waals surface area contributed by atoms with Crippen LogP contribution in [0.5, 0.6) is 0 Å². The van der Waals surface area contributed by atoms with Crippen LogP contribution < -0.4 is 0 Å². The molecule has 3 rings (SSSR count). The van der Waals surface area contributed by atoms with Crippen LogP contribution in [0, 0.1) is 0 Å². The minimum Gasteiger partial charge on any atom is -0.461 e. The van der Waals surface area contributed by atoms with Gasteiger partial charge in [0.2, 0.25) is 15.9 Å². The molecule has 1 saturated heterocycles. The minimum absolute atomic E-state index is 0.0189. The van der Waals surface area contributed by atoms with E-state index in [9.17, 15) is 18.0 Å². The van der Waals surface area contributed by atoms with Crippen molar-refractivity contribution in [3.63, 3.8) is 0 Å². The largest absolute Gasteiger partial charge is 0.461 e. The molecule has 1 heterocycles. The van der Waals surface area contributed by atoms with Gasteiger partial charge in [-0.25, -0.2) is 8.42 Å². The molecule has 9 heteroatoms. The standard InChI is InChI=1S/C21H23ClN2O5S/c22-18-8-6-17(7-9-18)16-29-21(26)11-10-20(25)23-12-14-24(15-13-23)30(27,28)19-4-2-1-3-5-19/h1-9H,10-16H2. The van der Waals surface area contributed by atoms with Crippen LogP contribution in [0.2, 0.25) is 5.02 Å². The average molecular weight is 451 g/mol. The summed E-state index contributed by atoms with van der Waals surface area (Å²) in [5.41, 5.74) is 0.815. The maximum absolute atomic E-state index is 12.6. The Hall–Kier alpha value is -2.42. The predicted octanol–water partition coefficient (Wildman–Crippen LogP) is 2.70. The zero-order chi connectivity index (χ0) is 21.6. The molecule has 30 heavy (non-hydrogen) atoms. The lowest BCUT2D eigenvalue weighted by Crippen LogP contribution is -2.50. The second kappa shape index (κ2) is 10.1. The summed E-state index contributed by atoms with van der Waals surface area (Å²) in [6.45, 7) is 1.17. The van der Waals surface area contributed by atoms with Gasteiger partial charge >= 0.3 is 5.97 Å². The van der Waals surface area contributed by atoms with Gasteiger partial charge in [-0.15, -0.1) is 0 Å². The summed E-state index contributed by atoms with van der Waals surface area (Å²) in [5.74, 6) is -0.640. The number of amides is 1. The van der Waals surface area contributed by atoms with Gasteiger partial charge in [0.25, 0.3) is 0 Å². The molecule has 1 aliphatic heterocycles. The Balaban J connectivity index is 1.42. The fourth-order valence-corrected chi connectivity index (χ4v) is 4.67. The van der Waals surface area contributed by atoms with E-state index in [-0.39, 0.29) is 43.3 Å². The molecule has 1 amide bonds. The van der Waals surface area contributed by atoms with Crippen molar-refractivity contribution in [1.29, 1.82) is 0 Å². The molecule has 7 nitrogen and oxygen atoms in total. The van der Waals surface area contributed by atoms with Crippen LogP contribution >= 0.6 is 11.6 Å². The Labute approximate surface area is 181 Å². The number of sulfonamides is 1. The van der Waals surface area contributed by atoms with E-state index in [0.717, 1.165) is 5.56 Å². The van der Waals surface area contributed by atoms with Gasteiger partial charge in [0.1, 0.15) is 6.61 Å². The van der Waals surface area contributed by atoms with Crippen molar-refractivity contribution in [3.05, 3.63) is 65.2 Å². The van der Waals surface area contributed by atoms with Crippen molar-refractivity contribution in [1.82, 2.24) is 9.21 Å². The molecule has 0 spiro atoms. The zero-order valence-corrected chi connectivity index (χ0v) is 17.9. The average Bonchev–Trinajstić information content (AvgIpc) is 2.77. The number of ether oxygens (including phenoxy) is 1. The number of hydrogen-bond donors (Lipinski definition) is 0. The van der Waals surface area contributed by atoms with Gasteiger partial charge in [0, 0.05) is 37.6 Å². The normalized spacial score (nSPS) is 15.0. The Kier molecular flexibility index (Phi) is 7.47. The molecule has 1 aliphatic rings. The highest BCUT2D eigenvalue weighted by Gasteiger charge is 2.30. The monoisotopic (exact) mass is 450 g/mol. The molecule has 2 aromatic carbocycles. The van der Waals surface area contributed by atoms with E-state index in [0.29, 0.717) is 18.1 Å². The summed E-state index contributed by atoms with van der Waals surface area (Å²) in [5, 5.41) is 0.604. The minimum atomic E-state index is -3.56. The van der Waals surface area contributed by atoms with Crippen molar-refractivity contribution in [2.75, 3.05) is 26.2 Å². The fraction of sp³-hybridized carbons (Fsp3) is 0.333. The number of rotatable bonds is 7. The summed E-state index contributed by atoms with van der Waals surface area (Å²) in [6.07, 6.45) is 0.0137. The van der Waals surface area contributed by atoms with Crippen LogP contribution in [0.1, 0.15) is 18.4 Å². The first-order chi connectivity index (χ1) is 14.4. The molecule has 2 aromatic rings. The van der Waals surface area contributed by atoms with E-state index in [1.54, 1.807) is 59.5 Å². The van der Waals surface area contributed by atoms with E-state index in [2.05, 4.69) is 0 Å². The molecular formula is C21H23ClN2O5S. The molecular weight excluding hydrogens is 428 g/mol. The van der Waals surface area contributed by atoms with Crippen molar-refractivity contribution in [2.24, 2.45) is 0 Å². The van der Waals surface area contributed by atoms with E-state index in [4.69, 9.17) is 16.3 Å². The quantitative estimate of drug-likeness (QED) is 0.605. The third kappa shape index (κ3) is 5.81. The second-order valence-electron chi connectivity index (χ2n) is 6.89. The van der Waals surface area contributed by atoms with Crippen LogP contribution in [-0.4, -0.2) is 55.7 Å². The maximum Gasteiger partial charge on any atom is 0.306 e. The van der Waals surface area contributed by atoms with E-state index in [1.165, 1.54) is 4.31 Å². The number of carbonyl (C=O) groups is 2. The molecule has 0 radical (unpaired) electrons. The SMILES string of the molecule is O=C(CCC(=O)N1CCN(S(=O)(=O)c2ccccc2)CC1)OCc1ccc(Cl)cc1. The summed E-state index contributed by atoms with van der Waals surface area (Å²) < 4.78 is 31.8. The molecule has 0 unspecified atom stereocenters. The summed E-state index contributed by atoms with van der Waals surface area (Å²) in [7, 11) is -3.56. The van der Waals surface area contributed by atoms with Crippen LogP contribution in [0.3, 0.4) is 0 Å². The molecule has 0 atom stereocenters. The number of nitrogens with zero attached hydrogens (tertiary/aromatic N) is 2. The molecule has 0 bridgehead atoms. The Morgan fingerprint density at radius 2 is 1.53 bits per heavy atom. The zero-order valence-electron chi connectivity index (χ0n) is 16.4. The van der Waals surface area contributed by atoms with Gasteiger partial charge in [-0.05, 0) is 29.8 Å². The molecule has 0 aliphatic carbocycles. The van der Waals surface area contributed by atoms with Gasteiger partial charge in [-0.2, -0.15) is 4.31 Å². The number of piperazine rings is 1. The lowest BCUT2D eigenvalue weighted by atomic mass is 10.2. The van der Waals surface area contributed by atoms with Crippen LogP contribution in [-0.2, 0) is 31.0 Å². The molecule has 160 valence electrons. The molecule has 1 fully saturated rings. The topological polar surface area (TPSA) is 84.0 Å². The van der Waals surface area contributed by atoms with Crippen LogP contribution in [0.25, 0.3) is 0 Å². The first kappa shape index (κ1) is 22.3. The highest BCUT2D eigenvalue weighted by atomic mass is 35.5. The van der Waals surface area contributed by atoms with E-state index < -0.39 is 16.0 Å². The van der Waals surface area contributed by atoms with Gasteiger partial charge < -0.3 is 9.64 Å². The molecule has 0 aromatic heterocycles. The second-order valence-corrected chi connectivity index (χ2v) is 9.26. The third-order valence-corrected chi connectivity index (χ3v) is 6.99. The Bertz CT molecular complexity index is 972. The highest BCUT2D eigenvalue weighted by Crippen LogP contribution is 2.18. The third-order valence-electron chi connectivity index (χ3n) is 4.83. The van der Waals surface area contributed by atoms with Gasteiger partial charge in [-0.3, -0.25) is 9.59 Å². The molecule has 0 N–H and O–H groups in total. The summed E-state index contributed by atoms with van der Waals surface area (Å²) in [6, 6.07) is 15.2. The maximum atomic E-state index is 12.6. The lowest BCUT2D eigenvalue weighted by molar-refractivity contribution is -0.147. The van der Waals surface area contributed by atoms with Crippen molar-refractivity contribution < 1.29 is 22.7 Å². The first-order valence-corrected chi connectivity index (χ1v) is 11.4. The van der Waals surface area contributed by atoms with Gasteiger partial charge in [0.05, 0.1) is 11.3 Å². The van der Waals surface area contributed by atoms with Crippen molar-refractivity contribution in [3.8, 4) is 0 Å². The van der Waals surface area contributed by atoms with Crippen LogP contribution in [0.15, 0.2) is 59.5 Å². The van der Waals surface area contributed by atoms with Gasteiger partial charge in [-0.1, -0.05) is 41.9 Å². The highest BCUT2D eigenvalue weighted by molar-refractivity contribution is 7.89. The van der Waals surface area contributed by atoms with Crippen molar-refractivity contribution >= 4 is 33.5 Å². The lowest BCUT2D eigenvalue weighted by Gasteiger charge is -2.34. The Morgan fingerprint density at radius 3 is 2.17 bits per heavy atom. The van der Waals surface area contributed by atoms with Crippen LogP contribution in [0.4, 0.5) is 0 Å². The number of carbonyl (C=O) groups excluding carboxylic acids is 2. The fourth-order valence-electron chi connectivity index (χ4n) is 3.10. The number of hydrogen-bond acceptors (Lipinski definition) is 5. The number of halogens is 1. The van der Waals surface area contributed by atoms with Gasteiger partial charge in [0.15, 0.2) is 0 Å². The van der Waals surface area contributed by atoms with Crippen molar-refractivity contribution in [2.45, 2.75) is 24.3 Å². The smallest absolute Gasteiger partial charge is 0.306 e. The summed E-state index contributed by atoms with van der Waals surface area (Å²) >= 11 is 5.81. The predicted molar refractivity (Wildman–Crippen MR) is 112 cm³/mol. The Morgan fingerprint density at radius 1 is 0.900 bits per heavy atom. The van der Waals surface area contributed by atoms with E-state index >= 15 is 0 Å². The molecule has 0 saturated carbocycles. The number of benzene rings is 2. The summed E-state index contributed by atoms with van der Waals surface area (Å²) in [4.78, 5) is 26.1. The number of esters is 1. The van der Waals surface area contributed by atoms with E-state index in [1.807, 2.05) is 0 Å². The first-order valence-electron chi connectivity index (χ1n) is 9.59.